The second-order valence-electron chi connectivity index (χ2n) is 3.95. The Kier molecular flexibility index (Phi) is 2.55. The molecule has 0 radical (unpaired) electrons. The zero-order valence-electron chi connectivity index (χ0n) is 9.78. The van der Waals surface area contributed by atoms with Crippen LogP contribution >= 0.6 is 11.8 Å². The van der Waals surface area contributed by atoms with E-state index in [2.05, 4.69) is 15.3 Å². The van der Waals surface area contributed by atoms with Gasteiger partial charge in [-0.2, -0.15) is 11.8 Å². The number of fused-ring (bicyclic) bond motifs is 1. The lowest BCUT2D eigenvalue weighted by Crippen LogP contribution is -2.03. The normalized spacial score (nSPS) is 13.8. The summed E-state index contributed by atoms with van der Waals surface area (Å²) in [6.45, 7) is 1.93. The van der Waals surface area contributed by atoms with Crippen LogP contribution in [0.1, 0.15) is 17.0 Å². The van der Waals surface area contributed by atoms with Crippen molar-refractivity contribution in [2.24, 2.45) is 0 Å². The average molecular weight is 247 g/mol. The monoisotopic (exact) mass is 247 g/mol. The Morgan fingerprint density at radius 2 is 2.24 bits per heavy atom. The summed E-state index contributed by atoms with van der Waals surface area (Å²) in [6, 6.07) is 1.92. The van der Waals surface area contributed by atoms with E-state index >= 15 is 0 Å². The molecule has 0 aliphatic carbocycles. The van der Waals surface area contributed by atoms with Crippen molar-refractivity contribution >= 4 is 17.6 Å². The summed E-state index contributed by atoms with van der Waals surface area (Å²) in [4.78, 5) is 9.20. The number of furan rings is 1. The lowest BCUT2D eigenvalue weighted by atomic mass is 10.2. The Balaban J connectivity index is 2.16. The van der Waals surface area contributed by atoms with Crippen molar-refractivity contribution in [3.05, 3.63) is 29.3 Å². The number of thioether (sulfide) groups is 1. The third-order valence-corrected chi connectivity index (χ3v) is 3.88. The first-order valence-electron chi connectivity index (χ1n) is 5.49. The molecule has 0 atom stereocenters. The molecule has 0 unspecified atom stereocenters. The van der Waals surface area contributed by atoms with Crippen LogP contribution in [0.15, 0.2) is 16.7 Å². The van der Waals surface area contributed by atoms with Crippen molar-refractivity contribution in [3.8, 4) is 11.4 Å². The molecule has 0 fully saturated rings. The summed E-state index contributed by atoms with van der Waals surface area (Å²) in [5, 5.41) is 3.15. The van der Waals surface area contributed by atoms with Gasteiger partial charge in [-0.05, 0) is 13.0 Å². The molecular formula is C12H13N3OS. The molecule has 0 amide bonds. The van der Waals surface area contributed by atoms with Gasteiger partial charge in [-0.25, -0.2) is 9.97 Å². The van der Waals surface area contributed by atoms with Crippen molar-refractivity contribution in [2.45, 2.75) is 18.4 Å². The predicted molar refractivity (Wildman–Crippen MR) is 69.0 cm³/mol. The highest BCUT2D eigenvalue weighted by Gasteiger charge is 2.20. The molecule has 0 bridgehead atoms. The van der Waals surface area contributed by atoms with Crippen molar-refractivity contribution in [1.82, 2.24) is 9.97 Å². The molecule has 4 nitrogen and oxygen atoms in total. The van der Waals surface area contributed by atoms with Gasteiger partial charge in [0.15, 0.2) is 5.82 Å². The van der Waals surface area contributed by atoms with Crippen LogP contribution in [-0.2, 0) is 11.5 Å². The molecule has 3 heterocycles. The van der Waals surface area contributed by atoms with Crippen molar-refractivity contribution < 1.29 is 4.42 Å². The summed E-state index contributed by atoms with van der Waals surface area (Å²) in [7, 11) is 1.90. The van der Waals surface area contributed by atoms with E-state index in [0.29, 0.717) is 0 Å². The standard InChI is InChI=1S/C12H13N3OS/c1-7-8(3-4-16-7)12-14-10-6-17-5-9(10)11(13-2)15-12/h3-4H,5-6H2,1-2H3,(H,13,14,15). The minimum atomic E-state index is 0.752. The topological polar surface area (TPSA) is 51.0 Å². The Bertz CT molecular complexity index is 565. The molecule has 0 aromatic carbocycles. The van der Waals surface area contributed by atoms with Gasteiger partial charge in [0.25, 0.3) is 0 Å². The third-order valence-electron chi connectivity index (χ3n) is 2.91. The first kappa shape index (κ1) is 10.7. The summed E-state index contributed by atoms with van der Waals surface area (Å²) in [5.74, 6) is 4.52. The summed E-state index contributed by atoms with van der Waals surface area (Å²) < 4.78 is 5.31. The average Bonchev–Trinajstić information content (AvgIpc) is 2.95. The molecule has 1 N–H and O–H groups in total. The van der Waals surface area contributed by atoms with Gasteiger partial charge in [0.1, 0.15) is 11.6 Å². The number of rotatable bonds is 2. The van der Waals surface area contributed by atoms with E-state index in [1.807, 2.05) is 31.8 Å². The minimum absolute atomic E-state index is 0.752. The SMILES string of the molecule is CNc1nc(-c2ccoc2C)nc2c1CSC2. The largest absolute Gasteiger partial charge is 0.469 e. The maximum absolute atomic E-state index is 5.31. The molecule has 0 saturated carbocycles. The minimum Gasteiger partial charge on any atom is -0.469 e. The molecule has 2 aromatic rings. The molecule has 1 aliphatic heterocycles. The van der Waals surface area contributed by atoms with Gasteiger partial charge >= 0.3 is 0 Å². The Morgan fingerprint density at radius 3 is 2.94 bits per heavy atom. The number of nitrogens with zero attached hydrogens (tertiary/aromatic N) is 2. The number of nitrogens with one attached hydrogen (secondary N) is 1. The van der Waals surface area contributed by atoms with Gasteiger partial charge in [0.2, 0.25) is 0 Å². The van der Waals surface area contributed by atoms with Crippen LogP contribution < -0.4 is 5.32 Å². The van der Waals surface area contributed by atoms with Crippen LogP contribution in [-0.4, -0.2) is 17.0 Å². The summed E-state index contributed by atoms with van der Waals surface area (Å²) in [5.41, 5.74) is 3.36. The van der Waals surface area contributed by atoms with E-state index in [1.165, 1.54) is 5.56 Å². The van der Waals surface area contributed by atoms with Gasteiger partial charge in [0, 0.05) is 24.1 Å². The molecule has 5 heteroatoms. The molecule has 17 heavy (non-hydrogen) atoms. The number of anilines is 1. The second kappa shape index (κ2) is 4.07. The molecule has 2 aromatic heterocycles. The first-order chi connectivity index (χ1) is 8.29. The Morgan fingerprint density at radius 1 is 1.35 bits per heavy atom. The number of aryl methyl sites for hydroxylation is 1. The molecular weight excluding hydrogens is 234 g/mol. The molecule has 88 valence electrons. The maximum atomic E-state index is 5.31. The fraction of sp³-hybridized carbons (Fsp3) is 0.333. The summed E-state index contributed by atoms with van der Waals surface area (Å²) in [6.07, 6.45) is 1.68. The zero-order chi connectivity index (χ0) is 11.8. The lowest BCUT2D eigenvalue weighted by Gasteiger charge is -2.08. The number of aromatic nitrogens is 2. The van der Waals surface area contributed by atoms with E-state index in [0.717, 1.165) is 40.2 Å². The fourth-order valence-corrected chi connectivity index (χ4v) is 3.04. The highest BCUT2D eigenvalue weighted by atomic mass is 32.2. The Labute approximate surface area is 104 Å². The lowest BCUT2D eigenvalue weighted by molar-refractivity contribution is 0.535. The number of hydrogen-bond acceptors (Lipinski definition) is 5. The highest BCUT2D eigenvalue weighted by molar-refractivity contribution is 7.98. The van der Waals surface area contributed by atoms with Crippen LogP contribution in [0.5, 0.6) is 0 Å². The van der Waals surface area contributed by atoms with E-state index in [1.54, 1.807) is 6.26 Å². The van der Waals surface area contributed by atoms with E-state index < -0.39 is 0 Å². The van der Waals surface area contributed by atoms with Gasteiger partial charge in [0.05, 0.1) is 17.5 Å². The second-order valence-corrected chi connectivity index (χ2v) is 4.94. The molecule has 0 spiro atoms. The fourth-order valence-electron chi connectivity index (χ4n) is 2.00. The van der Waals surface area contributed by atoms with Crippen molar-refractivity contribution in [2.75, 3.05) is 12.4 Å². The van der Waals surface area contributed by atoms with Gasteiger partial charge in [-0.3, -0.25) is 0 Å². The predicted octanol–water partition coefficient (Wildman–Crippen LogP) is 2.83. The quantitative estimate of drug-likeness (QED) is 0.884. The number of hydrogen-bond donors (Lipinski definition) is 1. The highest BCUT2D eigenvalue weighted by Crippen LogP contribution is 2.34. The summed E-state index contributed by atoms with van der Waals surface area (Å²) >= 11 is 1.88. The first-order valence-corrected chi connectivity index (χ1v) is 6.65. The van der Waals surface area contributed by atoms with E-state index in [-0.39, 0.29) is 0 Å². The van der Waals surface area contributed by atoms with Gasteiger partial charge in [-0.15, -0.1) is 0 Å². The molecule has 1 aliphatic rings. The van der Waals surface area contributed by atoms with E-state index in [9.17, 15) is 0 Å². The maximum Gasteiger partial charge on any atom is 0.165 e. The third kappa shape index (κ3) is 1.70. The van der Waals surface area contributed by atoms with Crippen LogP contribution in [0.25, 0.3) is 11.4 Å². The van der Waals surface area contributed by atoms with E-state index in [4.69, 9.17) is 4.42 Å². The Hall–Kier alpha value is -1.49. The van der Waals surface area contributed by atoms with Gasteiger partial charge in [-0.1, -0.05) is 0 Å². The van der Waals surface area contributed by atoms with Crippen LogP contribution in [0.2, 0.25) is 0 Å². The molecule has 3 rings (SSSR count). The van der Waals surface area contributed by atoms with Crippen LogP contribution in [0, 0.1) is 6.92 Å². The van der Waals surface area contributed by atoms with Gasteiger partial charge < -0.3 is 9.73 Å². The van der Waals surface area contributed by atoms with Crippen molar-refractivity contribution in [3.63, 3.8) is 0 Å². The van der Waals surface area contributed by atoms with Crippen molar-refractivity contribution in [1.29, 1.82) is 0 Å². The van der Waals surface area contributed by atoms with Crippen LogP contribution in [0.4, 0.5) is 5.82 Å². The zero-order valence-corrected chi connectivity index (χ0v) is 10.6. The smallest absolute Gasteiger partial charge is 0.165 e. The van der Waals surface area contributed by atoms with Crippen LogP contribution in [0.3, 0.4) is 0 Å². The molecule has 0 saturated heterocycles.